The first-order valence-electron chi connectivity index (χ1n) is 8.17. The van der Waals surface area contributed by atoms with Crippen molar-refractivity contribution in [1.82, 2.24) is 0 Å². The lowest BCUT2D eigenvalue weighted by Crippen LogP contribution is -2.30. The molecule has 0 saturated carbocycles. The molecule has 2 aromatic carbocycles. The van der Waals surface area contributed by atoms with Crippen molar-refractivity contribution < 1.29 is 23.9 Å². The summed E-state index contributed by atoms with van der Waals surface area (Å²) in [5.41, 5.74) is 1.24. The Kier molecular flexibility index (Phi) is 5.09. The number of rotatable bonds is 5. The van der Waals surface area contributed by atoms with Crippen LogP contribution >= 0.6 is 11.6 Å². The molecular weight excluding hydrogens is 356 g/mol. The molecule has 0 aromatic heterocycles. The van der Waals surface area contributed by atoms with Gasteiger partial charge in [-0.2, -0.15) is 0 Å². The van der Waals surface area contributed by atoms with E-state index in [2.05, 4.69) is 0 Å². The van der Waals surface area contributed by atoms with Gasteiger partial charge in [0.15, 0.2) is 0 Å². The zero-order valence-corrected chi connectivity index (χ0v) is 15.1. The number of carbonyl (C=O) groups is 3. The molecule has 6 heteroatoms. The van der Waals surface area contributed by atoms with E-state index in [1.807, 2.05) is 12.1 Å². The van der Waals surface area contributed by atoms with Gasteiger partial charge in [0.05, 0.1) is 11.5 Å². The van der Waals surface area contributed by atoms with Gasteiger partial charge in [0.2, 0.25) is 17.7 Å². The molecule has 2 aromatic rings. The summed E-state index contributed by atoms with van der Waals surface area (Å²) in [6.07, 6.45) is -1.43. The van der Waals surface area contributed by atoms with E-state index < -0.39 is 29.6 Å². The molecule has 0 fully saturated rings. The van der Waals surface area contributed by atoms with Crippen LogP contribution in [0.2, 0.25) is 5.02 Å². The van der Waals surface area contributed by atoms with Crippen LogP contribution in [0.4, 0.5) is 0 Å². The lowest BCUT2D eigenvalue weighted by Gasteiger charge is -2.12. The summed E-state index contributed by atoms with van der Waals surface area (Å²) in [6, 6.07) is 11.9. The molecule has 5 nitrogen and oxygen atoms in total. The van der Waals surface area contributed by atoms with E-state index in [0.717, 1.165) is 5.56 Å². The van der Waals surface area contributed by atoms with Crippen molar-refractivity contribution in [2.45, 2.75) is 26.6 Å². The van der Waals surface area contributed by atoms with E-state index in [-0.39, 0.29) is 17.7 Å². The zero-order valence-electron chi connectivity index (χ0n) is 14.3. The first-order valence-corrected chi connectivity index (χ1v) is 8.55. The van der Waals surface area contributed by atoms with Gasteiger partial charge >= 0.3 is 5.97 Å². The highest BCUT2D eigenvalue weighted by Crippen LogP contribution is 2.33. The molecule has 0 radical (unpaired) electrons. The third kappa shape index (κ3) is 3.48. The second-order valence-electron chi connectivity index (χ2n) is 6.29. The number of hydrogen-bond donors (Lipinski definition) is 0. The fraction of sp³-hybridized carbons (Fsp3) is 0.250. The monoisotopic (exact) mass is 372 g/mol. The fourth-order valence-electron chi connectivity index (χ4n) is 2.60. The standard InChI is InChI=1S/C20H17ClO5/c1-11(2)20(24)26-19-17(22)14-4-3-5-15(16(14)18(19)23)25-10-12-6-8-13(21)9-7-12/h3-9,11,19H,10H2,1-2H3. The van der Waals surface area contributed by atoms with E-state index in [9.17, 15) is 14.4 Å². The molecule has 1 atom stereocenters. The van der Waals surface area contributed by atoms with Crippen molar-refractivity contribution in [2.24, 2.45) is 5.92 Å². The van der Waals surface area contributed by atoms with Gasteiger partial charge in [-0.05, 0) is 23.8 Å². The number of benzene rings is 2. The van der Waals surface area contributed by atoms with Gasteiger partial charge in [0.1, 0.15) is 12.4 Å². The van der Waals surface area contributed by atoms with Gasteiger partial charge in [0.25, 0.3) is 0 Å². The first-order chi connectivity index (χ1) is 12.4. The smallest absolute Gasteiger partial charge is 0.309 e. The maximum atomic E-state index is 12.6. The number of ketones is 2. The second-order valence-corrected chi connectivity index (χ2v) is 6.73. The van der Waals surface area contributed by atoms with E-state index in [4.69, 9.17) is 21.1 Å². The third-order valence-electron chi connectivity index (χ3n) is 4.03. The summed E-state index contributed by atoms with van der Waals surface area (Å²) in [4.78, 5) is 36.9. The quantitative estimate of drug-likeness (QED) is 0.588. The summed E-state index contributed by atoms with van der Waals surface area (Å²) in [5, 5.41) is 0.616. The first kappa shape index (κ1) is 18.1. The van der Waals surface area contributed by atoms with Crippen molar-refractivity contribution in [3.8, 4) is 5.75 Å². The van der Waals surface area contributed by atoms with Gasteiger partial charge in [-0.15, -0.1) is 0 Å². The van der Waals surface area contributed by atoms with Gasteiger partial charge in [-0.3, -0.25) is 14.4 Å². The zero-order chi connectivity index (χ0) is 18.8. The van der Waals surface area contributed by atoms with Crippen LogP contribution in [0.25, 0.3) is 0 Å². The largest absolute Gasteiger partial charge is 0.488 e. The Labute approximate surface area is 155 Å². The Hall–Kier alpha value is -2.66. The number of hydrogen-bond acceptors (Lipinski definition) is 5. The third-order valence-corrected chi connectivity index (χ3v) is 4.28. The normalized spacial score (nSPS) is 15.9. The molecule has 0 amide bonds. The Morgan fingerprint density at radius 2 is 1.77 bits per heavy atom. The summed E-state index contributed by atoms with van der Waals surface area (Å²) in [7, 11) is 0. The van der Waals surface area contributed by atoms with Gasteiger partial charge in [-0.1, -0.05) is 49.7 Å². The lowest BCUT2D eigenvalue weighted by atomic mass is 10.1. The molecule has 1 unspecified atom stereocenters. The molecule has 134 valence electrons. The van der Waals surface area contributed by atoms with Crippen LogP contribution < -0.4 is 4.74 Å². The predicted octanol–water partition coefficient (Wildman–Crippen LogP) is 3.87. The number of Topliss-reactive ketones (excluding diaryl/α,β-unsaturated/α-hetero) is 2. The molecule has 0 saturated heterocycles. The number of carbonyl (C=O) groups excluding carboxylic acids is 3. The minimum Gasteiger partial charge on any atom is -0.488 e. The number of halogens is 1. The van der Waals surface area contributed by atoms with Crippen LogP contribution in [0, 0.1) is 5.92 Å². The Balaban J connectivity index is 1.82. The average molecular weight is 373 g/mol. The van der Waals surface area contributed by atoms with E-state index >= 15 is 0 Å². The maximum absolute atomic E-state index is 12.6. The number of esters is 1. The summed E-state index contributed by atoms with van der Waals surface area (Å²) < 4.78 is 10.8. The molecule has 0 bridgehead atoms. The van der Waals surface area contributed by atoms with Crippen LogP contribution in [0.1, 0.15) is 40.1 Å². The SMILES string of the molecule is CC(C)C(=O)OC1C(=O)c2cccc(OCc3ccc(Cl)cc3)c2C1=O. The maximum Gasteiger partial charge on any atom is 0.309 e. The molecule has 3 rings (SSSR count). The number of ether oxygens (including phenoxy) is 2. The van der Waals surface area contributed by atoms with E-state index in [0.29, 0.717) is 10.8 Å². The molecule has 0 N–H and O–H groups in total. The van der Waals surface area contributed by atoms with Crippen LogP contribution in [-0.4, -0.2) is 23.6 Å². The highest BCUT2D eigenvalue weighted by atomic mass is 35.5. The fourth-order valence-corrected chi connectivity index (χ4v) is 2.73. The van der Waals surface area contributed by atoms with Gasteiger partial charge in [0, 0.05) is 10.6 Å². The minimum atomic E-state index is -1.43. The molecule has 0 spiro atoms. The summed E-state index contributed by atoms with van der Waals surface area (Å²) >= 11 is 5.86. The summed E-state index contributed by atoms with van der Waals surface area (Å²) in [6.45, 7) is 3.49. The molecule has 26 heavy (non-hydrogen) atoms. The highest BCUT2D eigenvalue weighted by Gasteiger charge is 2.43. The lowest BCUT2D eigenvalue weighted by molar-refractivity contribution is -0.148. The molecule has 1 aliphatic rings. The van der Waals surface area contributed by atoms with E-state index in [1.54, 1.807) is 38.1 Å². The van der Waals surface area contributed by atoms with Crippen molar-refractivity contribution in [2.75, 3.05) is 0 Å². The topological polar surface area (TPSA) is 69.7 Å². The Morgan fingerprint density at radius 3 is 2.42 bits per heavy atom. The minimum absolute atomic E-state index is 0.160. The van der Waals surface area contributed by atoms with Gasteiger partial charge < -0.3 is 9.47 Å². The predicted molar refractivity (Wildman–Crippen MR) is 95.6 cm³/mol. The van der Waals surface area contributed by atoms with E-state index in [1.165, 1.54) is 6.07 Å². The Morgan fingerprint density at radius 1 is 1.08 bits per heavy atom. The van der Waals surface area contributed by atoms with Crippen molar-refractivity contribution in [1.29, 1.82) is 0 Å². The molecular formula is C20H17ClO5. The molecule has 0 heterocycles. The second kappa shape index (κ2) is 7.30. The average Bonchev–Trinajstić information content (AvgIpc) is 2.86. The number of fused-ring (bicyclic) bond motifs is 1. The van der Waals surface area contributed by atoms with Crippen molar-refractivity contribution in [3.05, 3.63) is 64.2 Å². The van der Waals surface area contributed by atoms with Crippen LogP contribution in [0.3, 0.4) is 0 Å². The highest BCUT2D eigenvalue weighted by molar-refractivity contribution is 6.30. The Bertz CT molecular complexity index is 870. The summed E-state index contributed by atoms with van der Waals surface area (Å²) in [5.74, 6) is -1.80. The molecule has 1 aliphatic carbocycles. The van der Waals surface area contributed by atoms with Gasteiger partial charge in [-0.25, -0.2) is 0 Å². The van der Waals surface area contributed by atoms with Crippen LogP contribution in [-0.2, 0) is 16.1 Å². The molecule has 0 aliphatic heterocycles. The van der Waals surface area contributed by atoms with Crippen molar-refractivity contribution in [3.63, 3.8) is 0 Å². The van der Waals surface area contributed by atoms with Crippen molar-refractivity contribution >= 4 is 29.1 Å². The van der Waals surface area contributed by atoms with Crippen LogP contribution in [0.5, 0.6) is 5.75 Å². The van der Waals surface area contributed by atoms with Crippen LogP contribution in [0.15, 0.2) is 42.5 Å².